The summed E-state index contributed by atoms with van der Waals surface area (Å²) in [6, 6.07) is 10.0. The minimum atomic E-state index is -1.73. The Hall–Kier alpha value is -1.17. The Labute approximate surface area is 134 Å². The second kappa shape index (κ2) is 9.08. The molecular weight excluding hydrogens is 296 g/mol. The van der Waals surface area contributed by atoms with Gasteiger partial charge in [-0.1, -0.05) is 30.3 Å². The third-order valence-electron chi connectivity index (χ3n) is 3.29. The van der Waals surface area contributed by atoms with Gasteiger partial charge in [0.2, 0.25) is 0 Å². The van der Waals surface area contributed by atoms with Crippen LogP contribution in [-0.2, 0) is 25.3 Å². The maximum atomic E-state index is 11.8. The fraction of sp³-hybridized carbons (Fsp3) is 0.588. The zero-order chi connectivity index (χ0) is 16.6. The standard InChI is InChI=1S/C17H28O4Si/c1-14(17(18)19-2)16(21-22(3,4)5)11-12-20-13-15-9-7-6-8-10-15/h6-10,14,16H,11-13H2,1-5H3/t14-,16+/m0/s1. The topological polar surface area (TPSA) is 44.8 Å². The molecule has 1 rings (SSSR count). The predicted octanol–water partition coefficient (Wildman–Crippen LogP) is 3.62. The molecule has 0 N–H and O–H groups in total. The van der Waals surface area contributed by atoms with Gasteiger partial charge in [-0.15, -0.1) is 0 Å². The third kappa shape index (κ3) is 7.20. The number of carbonyl (C=O) groups excluding carboxylic acids is 1. The van der Waals surface area contributed by atoms with Crippen molar-refractivity contribution in [3.63, 3.8) is 0 Å². The van der Waals surface area contributed by atoms with Crippen LogP contribution in [0.5, 0.6) is 0 Å². The molecule has 0 saturated heterocycles. The summed E-state index contributed by atoms with van der Waals surface area (Å²) in [6.45, 7) is 9.35. The molecule has 22 heavy (non-hydrogen) atoms. The molecule has 2 atom stereocenters. The second-order valence-electron chi connectivity index (χ2n) is 6.41. The smallest absolute Gasteiger partial charge is 0.310 e. The van der Waals surface area contributed by atoms with Crippen molar-refractivity contribution in [3.8, 4) is 0 Å². The van der Waals surface area contributed by atoms with E-state index in [0.29, 0.717) is 19.6 Å². The van der Waals surface area contributed by atoms with E-state index in [0.717, 1.165) is 5.56 Å². The first-order valence-electron chi connectivity index (χ1n) is 7.71. The van der Waals surface area contributed by atoms with E-state index in [1.807, 2.05) is 37.3 Å². The maximum Gasteiger partial charge on any atom is 0.310 e. The largest absolute Gasteiger partial charge is 0.469 e. The monoisotopic (exact) mass is 324 g/mol. The normalized spacial score (nSPS) is 14.4. The minimum absolute atomic E-state index is 0.158. The van der Waals surface area contributed by atoms with Gasteiger partial charge in [-0.3, -0.25) is 4.79 Å². The third-order valence-corrected chi connectivity index (χ3v) is 4.30. The first kappa shape index (κ1) is 18.9. The van der Waals surface area contributed by atoms with E-state index in [4.69, 9.17) is 13.9 Å². The molecule has 1 aromatic rings. The van der Waals surface area contributed by atoms with Crippen LogP contribution in [0.2, 0.25) is 19.6 Å². The van der Waals surface area contributed by atoms with Gasteiger partial charge in [0, 0.05) is 6.61 Å². The molecule has 0 aliphatic heterocycles. The molecule has 1 aromatic carbocycles. The van der Waals surface area contributed by atoms with Crippen molar-refractivity contribution in [1.82, 2.24) is 0 Å². The zero-order valence-electron chi connectivity index (χ0n) is 14.3. The number of rotatable bonds is 9. The van der Waals surface area contributed by atoms with Crippen molar-refractivity contribution in [2.75, 3.05) is 13.7 Å². The molecule has 124 valence electrons. The highest BCUT2D eigenvalue weighted by molar-refractivity contribution is 6.69. The van der Waals surface area contributed by atoms with Crippen molar-refractivity contribution in [3.05, 3.63) is 35.9 Å². The van der Waals surface area contributed by atoms with Gasteiger partial charge in [-0.05, 0) is 38.5 Å². The number of methoxy groups -OCH3 is 1. The number of hydrogen-bond donors (Lipinski definition) is 0. The number of ether oxygens (including phenoxy) is 2. The van der Waals surface area contributed by atoms with Crippen LogP contribution in [0.1, 0.15) is 18.9 Å². The van der Waals surface area contributed by atoms with Crippen molar-refractivity contribution >= 4 is 14.3 Å². The highest BCUT2D eigenvalue weighted by atomic mass is 28.4. The van der Waals surface area contributed by atoms with Crippen molar-refractivity contribution in [2.24, 2.45) is 5.92 Å². The van der Waals surface area contributed by atoms with Crippen LogP contribution in [0.3, 0.4) is 0 Å². The SMILES string of the molecule is COC(=O)[C@@H](C)[C@@H](CCOCc1ccccc1)O[Si](C)(C)C. The van der Waals surface area contributed by atoms with Crippen molar-refractivity contribution < 1.29 is 18.7 Å². The molecule has 0 unspecified atom stereocenters. The van der Waals surface area contributed by atoms with E-state index in [1.165, 1.54) is 7.11 Å². The molecule has 0 spiro atoms. The highest BCUT2D eigenvalue weighted by Crippen LogP contribution is 2.19. The molecule has 0 heterocycles. The van der Waals surface area contributed by atoms with Crippen molar-refractivity contribution in [1.29, 1.82) is 0 Å². The first-order valence-corrected chi connectivity index (χ1v) is 11.1. The van der Waals surface area contributed by atoms with E-state index < -0.39 is 8.32 Å². The number of benzene rings is 1. The van der Waals surface area contributed by atoms with Crippen LogP contribution in [0.15, 0.2) is 30.3 Å². The summed E-state index contributed by atoms with van der Waals surface area (Å²) in [7, 11) is -0.316. The van der Waals surface area contributed by atoms with Crippen LogP contribution < -0.4 is 0 Å². The summed E-state index contributed by atoms with van der Waals surface area (Å²) >= 11 is 0. The van der Waals surface area contributed by atoms with Crippen LogP contribution in [-0.4, -0.2) is 34.1 Å². The van der Waals surface area contributed by atoms with Gasteiger partial charge >= 0.3 is 5.97 Å². The van der Waals surface area contributed by atoms with Gasteiger partial charge in [0.1, 0.15) is 0 Å². The van der Waals surface area contributed by atoms with Crippen LogP contribution in [0.25, 0.3) is 0 Å². The minimum Gasteiger partial charge on any atom is -0.469 e. The lowest BCUT2D eigenvalue weighted by atomic mass is 10.0. The van der Waals surface area contributed by atoms with Gasteiger partial charge in [0.25, 0.3) is 0 Å². The van der Waals surface area contributed by atoms with E-state index in [2.05, 4.69) is 19.6 Å². The van der Waals surface area contributed by atoms with Gasteiger partial charge in [0.15, 0.2) is 8.32 Å². The molecule has 4 nitrogen and oxygen atoms in total. The summed E-state index contributed by atoms with van der Waals surface area (Å²) in [6.07, 6.45) is 0.530. The van der Waals surface area contributed by atoms with Gasteiger partial charge in [-0.2, -0.15) is 0 Å². The Morgan fingerprint density at radius 3 is 2.36 bits per heavy atom. The lowest BCUT2D eigenvalue weighted by Crippen LogP contribution is -2.39. The maximum absolute atomic E-state index is 11.8. The quantitative estimate of drug-likeness (QED) is 0.395. The summed E-state index contributed by atoms with van der Waals surface area (Å²) < 4.78 is 16.7. The summed E-state index contributed by atoms with van der Waals surface area (Å²) in [5, 5.41) is 0. The van der Waals surface area contributed by atoms with Crippen molar-refractivity contribution in [2.45, 2.75) is 45.7 Å². The van der Waals surface area contributed by atoms with E-state index in [1.54, 1.807) is 0 Å². The molecule has 0 aliphatic rings. The Bertz CT molecular complexity index is 442. The number of hydrogen-bond acceptors (Lipinski definition) is 4. The molecule has 0 amide bonds. The van der Waals surface area contributed by atoms with Crippen LogP contribution in [0.4, 0.5) is 0 Å². The molecule has 0 fully saturated rings. The summed E-state index contributed by atoms with van der Waals surface area (Å²) in [5.74, 6) is -0.511. The average Bonchev–Trinajstić information content (AvgIpc) is 2.48. The Morgan fingerprint density at radius 2 is 1.82 bits per heavy atom. The fourth-order valence-electron chi connectivity index (χ4n) is 2.17. The van der Waals surface area contributed by atoms with Crippen LogP contribution in [0, 0.1) is 5.92 Å². The van der Waals surface area contributed by atoms with E-state index in [-0.39, 0.29) is 18.0 Å². The molecule has 0 radical (unpaired) electrons. The number of carbonyl (C=O) groups is 1. The average molecular weight is 324 g/mol. The number of esters is 1. The summed E-state index contributed by atoms with van der Waals surface area (Å²) in [4.78, 5) is 11.8. The molecule has 5 heteroatoms. The second-order valence-corrected chi connectivity index (χ2v) is 10.9. The predicted molar refractivity (Wildman–Crippen MR) is 90.1 cm³/mol. The molecule has 0 saturated carbocycles. The first-order chi connectivity index (χ1) is 10.3. The van der Waals surface area contributed by atoms with Gasteiger partial charge in [0.05, 0.1) is 25.7 Å². The van der Waals surface area contributed by atoms with Gasteiger partial charge in [-0.25, -0.2) is 0 Å². The Kier molecular flexibility index (Phi) is 7.79. The lowest BCUT2D eigenvalue weighted by molar-refractivity contribution is -0.148. The fourth-order valence-corrected chi connectivity index (χ4v) is 3.40. The Balaban J connectivity index is 2.48. The molecule has 0 aromatic heterocycles. The molecule has 0 aliphatic carbocycles. The highest BCUT2D eigenvalue weighted by Gasteiger charge is 2.30. The van der Waals surface area contributed by atoms with Gasteiger partial charge < -0.3 is 13.9 Å². The molecule has 0 bridgehead atoms. The molecular formula is C17H28O4Si. The lowest BCUT2D eigenvalue weighted by Gasteiger charge is -2.29. The zero-order valence-corrected chi connectivity index (χ0v) is 15.3. The summed E-state index contributed by atoms with van der Waals surface area (Å²) in [5.41, 5.74) is 1.14. The Morgan fingerprint density at radius 1 is 1.18 bits per heavy atom. The van der Waals surface area contributed by atoms with E-state index >= 15 is 0 Å². The van der Waals surface area contributed by atoms with E-state index in [9.17, 15) is 4.79 Å². The van der Waals surface area contributed by atoms with Crippen LogP contribution >= 0.6 is 0 Å².